The van der Waals surface area contributed by atoms with Crippen LogP contribution in [0, 0.1) is 41.4 Å². The first-order chi connectivity index (χ1) is 12.8. The minimum absolute atomic E-state index is 0.257. The normalized spacial score (nSPS) is 43.9. The third-order valence-electron chi connectivity index (χ3n) is 8.23. The maximum Gasteiger partial charge on any atom is 0.398 e. The molecule has 0 amide bonds. The highest BCUT2D eigenvalue weighted by Crippen LogP contribution is 2.67. The summed E-state index contributed by atoms with van der Waals surface area (Å²) < 4.78 is 37.8. The van der Waals surface area contributed by atoms with Crippen LogP contribution in [0.1, 0.15) is 64.7 Å². The molecule has 0 aromatic rings. The van der Waals surface area contributed by atoms with Crippen molar-refractivity contribution in [2.75, 3.05) is 0 Å². The molecule has 0 radical (unpaired) electrons. The number of ketones is 1. The molecule has 0 heterocycles. The van der Waals surface area contributed by atoms with Gasteiger partial charge in [-0.1, -0.05) is 18.4 Å². The molecule has 6 heteroatoms. The van der Waals surface area contributed by atoms with Crippen LogP contribution in [0.3, 0.4) is 0 Å². The smallest absolute Gasteiger partial charge is 0.295 e. The first kappa shape index (κ1) is 19.2. The van der Waals surface area contributed by atoms with Gasteiger partial charge in [-0.3, -0.25) is 9.35 Å². The van der Waals surface area contributed by atoms with E-state index in [-0.39, 0.29) is 5.78 Å². The molecular formula is C21H28O5S. The molecule has 4 aliphatic rings. The van der Waals surface area contributed by atoms with Crippen LogP contribution >= 0.6 is 0 Å². The summed E-state index contributed by atoms with van der Waals surface area (Å²) in [7, 11) is -4.62. The Balaban J connectivity index is 1.69. The number of carbonyl (C=O) groups excluding carboxylic acids is 1. The van der Waals surface area contributed by atoms with Gasteiger partial charge in [0.1, 0.15) is 0 Å². The molecule has 5 nitrogen and oxygen atoms in total. The Morgan fingerprint density at radius 1 is 1.22 bits per heavy atom. The number of fused-ring (bicyclic) bond motifs is 5. The predicted molar refractivity (Wildman–Crippen MR) is 101 cm³/mol. The highest BCUT2D eigenvalue weighted by atomic mass is 32.3. The molecule has 0 aliphatic heterocycles. The Morgan fingerprint density at radius 2 is 2.00 bits per heavy atom. The summed E-state index contributed by atoms with van der Waals surface area (Å²) in [5.74, 6) is 4.74. The van der Waals surface area contributed by atoms with Crippen LogP contribution in [0.25, 0.3) is 0 Å². The molecule has 0 aromatic carbocycles. The van der Waals surface area contributed by atoms with Crippen LogP contribution < -0.4 is 0 Å². The molecule has 0 spiro atoms. The van der Waals surface area contributed by atoms with Crippen molar-refractivity contribution in [3.05, 3.63) is 11.6 Å². The lowest BCUT2D eigenvalue weighted by Gasteiger charge is -2.56. The average Bonchev–Trinajstić information content (AvgIpc) is 2.94. The molecule has 6 atom stereocenters. The highest BCUT2D eigenvalue weighted by Gasteiger charge is 2.65. The summed E-state index contributed by atoms with van der Waals surface area (Å²) in [6, 6.07) is 0. The summed E-state index contributed by atoms with van der Waals surface area (Å²) in [6.07, 6.45) is 15.1. The molecule has 1 N–H and O–H groups in total. The Kier molecular flexibility index (Phi) is 4.57. The number of rotatable bonds is 3. The molecule has 0 saturated heterocycles. The minimum atomic E-state index is -4.62. The van der Waals surface area contributed by atoms with Gasteiger partial charge < -0.3 is 0 Å². The maximum atomic E-state index is 11.8. The second-order valence-electron chi connectivity index (χ2n) is 8.87. The summed E-state index contributed by atoms with van der Waals surface area (Å²) in [4.78, 5) is 11.8. The molecule has 4 rings (SSSR count). The summed E-state index contributed by atoms with van der Waals surface area (Å²) >= 11 is 0. The van der Waals surface area contributed by atoms with E-state index in [0.717, 1.165) is 44.9 Å². The van der Waals surface area contributed by atoms with Crippen LogP contribution in [0.2, 0.25) is 0 Å². The molecule has 0 aromatic heterocycles. The fourth-order valence-corrected chi connectivity index (χ4v) is 7.92. The van der Waals surface area contributed by atoms with Gasteiger partial charge in [-0.2, -0.15) is 8.42 Å². The van der Waals surface area contributed by atoms with E-state index in [0.29, 0.717) is 36.5 Å². The lowest BCUT2D eigenvalue weighted by molar-refractivity contribution is -0.116. The van der Waals surface area contributed by atoms with Gasteiger partial charge in [-0.15, -0.1) is 6.42 Å². The lowest BCUT2D eigenvalue weighted by Crippen LogP contribution is -2.55. The number of terminal acetylenes is 1. The van der Waals surface area contributed by atoms with Gasteiger partial charge in [0.15, 0.2) is 11.4 Å². The standard InChI is InChI=1S/C21H28O5S/c1-3-20-11-9-17-16-8-6-15(22)13-14(16)5-7-18(17)19(20)10-12-21(20,4-2)26-27(23,24)25/h2,13,16-19H,3,5-12H2,1H3,(H,23,24,25)/t16-,17+,18+,19-,20-,21-/m0/s1. The molecular weight excluding hydrogens is 364 g/mol. The Morgan fingerprint density at radius 3 is 2.67 bits per heavy atom. The fraction of sp³-hybridized carbons (Fsp3) is 0.762. The van der Waals surface area contributed by atoms with Crippen LogP contribution in [-0.4, -0.2) is 24.4 Å². The van der Waals surface area contributed by atoms with E-state index in [4.69, 9.17) is 10.6 Å². The third-order valence-corrected chi connectivity index (χ3v) is 8.73. The Hall–Kier alpha value is -1.16. The van der Waals surface area contributed by atoms with Crippen LogP contribution in [0.5, 0.6) is 0 Å². The summed E-state index contributed by atoms with van der Waals surface area (Å²) in [5, 5.41) is 0. The second-order valence-corrected chi connectivity index (χ2v) is 9.90. The van der Waals surface area contributed by atoms with Crippen molar-refractivity contribution in [2.45, 2.75) is 70.3 Å². The number of carbonyl (C=O) groups is 1. The average molecular weight is 393 g/mol. The van der Waals surface area contributed by atoms with Gasteiger partial charge in [0.25, 0.3) is 0 Å². The number of hydrogen-bond acceptors (Lipinski definition) is 4. The van der Waals surface area contributed by atoms with Crippen LogP contribution in [0.15, 0.2) is 11.6 Å². The van der Waals surface area contributed by atoms with Crippen molar-refractivity contribution in [1.29, 1.82) is 0 Å². The van der Waals surface area contributed by atoms with Gasteiger partial charge in [0.05, 0.1) is 0 Å². The maximum absolute atomic E-state index is 11.8. The van der Waals surface area contributed by atoms with E-state index in [2.05, 4.69) is 12.8 Å². The topological polar surface area (TPSA) is 80.7 Å². The van der Waals surface area contributed by atoms with Gasteiger partial charge in [0, 0.05) is 11.8 Å². The first-order valence-electron chi connectivity index (χ1n) is 10.1. The molecule has 0 bridgehead atoms. The predicted octanol–water partition coefficient (Wildman–Crippen LogP) is 3.71. The monoisotopic (exact) mass is 392 g/mol. The third kappa shape index (κ3) is 2.82. The molecule has 3 fully saturated rings. The van der Waals surface area contributed by atoms with Crippen molar-refractivity contribution in [3.63, 3.8) is 0 Å². The van der Waals surface area contributed by atoms with Crippen molar-refractivity contribution >= 4 is 16.2 Å². The Labute approximate surface area is 161 Å². The van der Waals surface area contributed by atoms with E-state index in [1.54, 1.807) is 0 Å². The van der Waals surface area contributed by atoms with Crippen LogP contribution in [0.4, 0.5) is 0 Å². The number of hydrogen-bond donors (Lipinski definition) is 1. The largest absolute Gasteiger partial charge is 0.398 e. The first-order valence-corrected chi connectivity index (χ1v) is 11.5. The van der Waals surface area contributed by atoms with E-state index >= 15 is 0 Å². The van der Waals surface area contributed by atoms with E-state index in [1.807, 2.05) is 6.08 Å². The Bertz CT molecular complexity index is 822. The highest BCUT2D eigenvalue weighted by molar-refractivity contribution is 7.80. The van der Waals surface area contributed by atoms with E-state index in [1.165, 1.54) is 5.57 Å². The molecule has 0 unspecified atom stereocenters. The molecule has 27 heavy (non-hydrogen) atoms. The zero-order chi connectivity index (χ0) is 19.4. The number of allylic oxidation sites excluding steroid dienone is 1. The summed E-state index contributed by atoms with van der Waals surface area (Å²) in [5.41, 5.74) is -0.333. The minimum Gasteiger partial charge on any atom is -0.295 e. The quantitative estimate of drug-likeness (QED) is 0.585. The lowest BCUT2D eigenvalue weighted by atomic mass is 9.49. The van der Waals surface area contributed by atoms with Crippen molar-refractivity contribution in [2.24, 2.45) is 29.1 Å². The van der Waals surface area contributed by atoms with Crippen molar-refractivity contribution in [1.82, 2.24) is 0 Å². The molecule has 4 aliphatic carbocycles. The summed E-state index contributed by atoms with van der Waals surface area (Å²) in [6.45, 7) is 2.06. The van der Waals surface area contributed by atoms with Gasteiger partial charge in [-0.25, -0.2) is 4.18 Å². The van der Waals surface area contributed by atoms with Crippen LogP contribution in [-0.2, 0) is 19.4 Å². The molecule has 3 saturated carbocycles. The van der Waals surface area contributed by atoms with Crippen molar-refractivity contribution < 1.29 is 21.9 Å². The second kappa shape index (κ2) is 6.43. The van der Waals surface area contributed by atoms with E-state index in [9.17, 15) is 17.8 Å². The fourth-order valence-electron chi connectivity index (χ4n) is 7.26. The van der Waals surface area contributed by atoms with Gasteiger partial charge in [-0.05, 0) is 81.1 Å². The van der Waals surface area contributed by atoms with Gasteiger partial charge in [0.2, 0.25) is 0 Å². The van der Waals surface area contributed by atoms with E-state index < -0.39 is 21.4 Å². The zero-order valence-corrected chi connectivity index (χ0v) is 16.6. The SMILES string of the molecule is C#C[C@]1(OS(=O)(=O)O)CC[C@H]2[C@@H]3CCC4=CC(=O)CC[C@@H]4[C@H]3CC[C@@]21CC. The zero-order valence-electron chi connectivity index (χ0n) is 15.8. The van der Waals surface area contributed by atoms with Crippen molar-refractivity contribution in [3.8, 4) is 12.3 Å². The van der Waals surface area contributed by atoms with Gasteiger partial charge >= 0.3 is 10.4 Å². The molecule has 148 valence electrons.